The number of aromatic amines is 1. The van der Waals surface area contributed by atoms with Crippen LogP contribution < -0.4 is 15.2 Å². The van der Waals surface area contributed by atoms with Gasteiger partial charge in [-0.25, -0.2) is 23.8 Å². The number of nitrogens with one attached hydrogen (secondary N) is 1. The number of rotatable bonds is 8. The molecule has 224 valence electrons. The highest BCUT2D eigenvalue weighted by Crippen LogP contribution is 2.43. The molecule has 2 aromatic heterocycles. The topological polar surface area (TPSA) is 134 Å². The number of hydrogen-bond acceptors (Lipinski definition) is 8. The molecule has 0 saturated heterocycles. The van der Waals surface area contributed by atoms with E-state index in [9.17, 15) is 32.8 Å². The van der Waals surface area contributed by atoms with E-state index in [-0.39, 0.29) is 36.1 Å². The van der Waals surface area contributed by atoms with E-state index < -0.39 is 29.4 Å². The Morgan fingerprint density at radius 1 is 1.20 bits per heavy atom. The Morgan fingerprint density at radius 2 is 2.00 bits per heavy atom. The van der Waals surface area contributed by atoms with Crippen molar-refractivity contribution < 1.29 is 36.8 Å². The Balaban J connectivity index is 1.72. The van der Waals surface area contributed by atoms with Crippen LogP contribution in [0.4, 0.5) is 24.8 Å². The first-order valence-electron chi connectivity index (χ1n) is 13.1. The zero-order valence-electron chi connectivity index (χ0n) is 23.3. The molecule has 14 heteroatoms. The molecule has 4 aromatic rings. The summed E-state index contributed by atoms with van der Waals surface area (Å²) in [6, 6.07) is 13.7. The van der Waals surface area contributed by atoms with E-state index in [0.29, 0.717) is 28.7 Å². The van der Waals surface area contributed by atoms with Crippen LogP contribution in [0, 0.1) is 11.3 Å². The monoisotopic (exact) mass is 605 g/mol. The Morgan fingerprint density at radius 3 is 2.70 bits per heavy atom. The van der Waals surface area contributed by atoms with E-state index in [1.807, 2.05) is 0 Å². The van der Waals surface area contributed by atoms with Gasteiger partial charge in [-0.1, -0.05) is 12.1 Å². The summed E-state index contributed by atoms with van der Waals surface area (Å²) in [6.07, 6.45) is -1.16. The zero-order valence-corrected chi connectivity index (χ0v) is 23.3. The molecule has 0 spiro atoms. The molecule has 3 heterocycles. The third-order valence-electron chi connectivity index (χ3n) is 7.14. The van der Waals surface area contributed by atoms with Gasteiger partial charge in [0.25, 0.3) is 6.47 Å². The minimum Gasteiger partial charge on any atom is -0.466 e. The molecule has 1 aliphatic heterocycles. The SMILES string of the molecule is COC(=O)C1=C(C)N(c2cccc(C(F)(F)F)c2)c2n[nH]c(=O)n2[C@@H]1c1ccc(C#N)cc1C[n+]1cccc(COC=O)c1. The molecule has 1 N–H and O–H groups in total. The number of nitrogens with zero attached hydrogens (tertiary/aromatic N) is 5. The molecule has 44 heavy (non-hydrogen) atoms. The molecular weight excluding hydrogens is 581 g/mol. The maximum Gasteiger partial charge on any atom is 0.416 e. The maximum absolute atomic E-state index is 13.6. The van der Waals surface area contributed by atoms with E-state index >= 15 is 0 Å². The number of aromatic nitrogens is 4. The number of carbonyl (C=O) groups excluding carboxylic acids is 2. The third kappa shape index (κ3) is 5.54. The normalized spacial score (nSPS) is 14.5. The van der Waals surface area contributed by atoms with Gasteiger partial charge in [-0.3, -0.25) is 9.69 Å². The number of halogens is 3. The number of esters is 1. The van der Waals surface area contributed by atoms with Crippen molar-refractivity contribution in [2.24, 2.45) is 0 Å². The number of nitriles is 1. The number of ether oxygens (including phenoxy) is 2. The summed E-state index contributed by atoms with van der Waals surface area (Å²) in [4.78, 5) is 38.7. The number of fused-ring (bicyclic) bond motifs is 1. The quantitative estimate of drug-likeness (QED) is 0.183. The van der Waals surface area contributed by atoms with E-state index in [4.69, 9.17) is 9.47 Å². The van der Waals surface area contributed by atoms with Crippen molar-refractivity contribution in [2.75, 3.05) is 12.0 Å². The molecular formula is C30H24F3N6O5+. The molecule has 11 nitrogen and oxygen atoms in total. The highest BCUT2D eigenvalue weighted by atomic mass is 19.4. The van der Waals surface area contributed by atoms with Crippen molar-refractivity contribution in [3.63, 3.8) is 0 Å². The lowest BCUT2D eigenvalue weighted by Gasteiger charge is -2.36. The number of anilines is 2. The van der Waals surface area contributed by atoms with Gasteiger partial charge >= 0.3 is 17.8 Å². The molecule has 0 radical (unpaired) electrons. The minimum atomic E-state index is -4.64. The Bertz CT molecular complexity index is 1890. The van der Waals surface area contributed by atoms with E-state index in [1.54, 1.807) is 41.2 Å². The summed E-state index contributed by atoms with van der Waals surface area (Å²) in [5, 5.41) is 16.1. The first-order chi connectivity index (χ1) is 21.1. The van der Waals surface area contributed by atoms with Crippen LogP contribution in [0.15, 0.2) is 83.1 Å². The van der Waals surface area contributed by atoms with Crippen molar-refractivity contribution >= 4 is 24.1 Å². The van der Waals surface area contributed by atoms with Gasteiger partial charge in [0.2, 0.25) is 5.95 Å². The van der Waals surface area contributed by atoms with E-state index in [2.05, 4.69) is 16.3 Å². The molecule has 0 fully saturated rings. The van der Waals surface area contributed by atoms with Crippen LogP contribution in [0.1, 0.15) is 40.8 Å². The van der Waals surface area contributed by atoms with Crippen molar-refractivity contribution in [1.29, 1.82) is 5.26 Å². The number of hydrogen-bond donors (Lipinski definition) is 1. The van der Waals surface area contributed by atoms with Crippen molar-refractivity contribution in [3.8, 4) is 6.07 Å². The van der Waals surface area contributed by atoms with Crippen molar-refractivity contribution in [3.05, 3.63) is 117 Å². The summed E-state index contributed by atoms with van der Waals surface area (Å²) in [5.41, 5.74) is 0.508. The van der Waals surface area contributed by atoms with Gasteiger partial charge in [0.1, 0.15) is 12.6 Å². The number of pyridine rings is 1. The van der Waals surface area contributed by atoms with Crippen LogP contribution in [-0.2, 0) is 38.4 Å². The Kier molecular flexibility index (Phi) is 8.04. The van der Waals surface area contributed by atoms with Crippen LogP contribution in [0.3, 0.4) is 0 Å². The summed E-state index contributed by atoms with van der Waals surface area (Å²) < 4.78 is 53.8. The van der Waals surface area contributed by atoms with Gasteiger partial charge in [0, 0.05) is 23.0 Å². The lowest BCUT2D eigenvalue weighted by Crippen LogP contribution is -2.39. The van der Waals surface area contributed by atoms with Gasteiger partial charge < -0.3 is 9.47 Å². The highest BCUT2D eigenvalue weighted by Gasteiger charge is 2.41. The lowest BCUT2D eigenvalue weighted by molar-refractivity contribution is -0.688. The van der Waals surface area contributed by atoms with Gasteiger partial charge in [-0.05, 0) is 48.9 Å². The number of benzene rings is 2. The van der Waals surface area contributed by atoms with Crippen LogP contribution in [-0.4, -0.2) is 34.3 Å². The second kappa shape index (κ2) is 11.9. The van der Waals surface area contributed by atoms with Crippen LogP contribution >= 0.6 is 0 Å². The second-order valence-electron chi connectivity index (χ2n) is 9.79. The fraction of sp³-hybridized carbons (Fsp3) is 0.200. The van der Waals surface area contributed by atoms with Crippen LogP contribution in [0.25, 0.3) is 0 Å². The fourth-order valence-electron chi connectivity index (χ4n) is 5.24. The van der Waals surface area contributed by atoms with Gasteiger partial charge in [0.15, 0.2) is 18.9 Å². The second-order valence-corrected chi connectivity index (χ2v) is 9.79. The summed E-state index contributed by atoms with van der Waals surface area (Å²) >= 11 is 0. The van der Waals surface area contributed by atoms with Gasteiger partial charge in [-0.15, -0.1) is 5.10 Å². The number of carbonyl (C=O) groups is 2. The number of H-pyrrole nitrogens is 1. The molecule has 0 amide bonds. The van der Waals surface area contributed by atoms with Crippen molar-refractivity contribution in [1.82, 2.24) is 14.8 Å². The fourth-order valence-corrected chi connectivity index (χ4v) is 5.24. The molecule has 1 atom stereocenters. The summed E-state index contributed by atoms with van der Waals surface area (Å²) in [7, 11) is 1.16. The number of alkyl halides is 3. The lowest BCUT2D eigenvalue weighted by atomic mass is 9.90. The predicted octanol–water partition coefficient (Wildman–Crippen LogP) is 3.66. The zero-order chi connectivity index (χ0) is 31.6. The minimum absolute atomic E-state index is 0.0161. The summed E-state index contributed by atoms with van der Waals surface area (Å²) in [6.45, 7) is 2.06. The van der Waals surface area contributed by atoms with Gasteiger partial charge in [0.05, 0.1) is 35.4 Å². The molecule has 0 aliphatic carbocycles. The average molecular weight is 606 g/mol. The first kappa shape index (κ1) is 29.8. The molecule has 0 unspecified atom stereocenters. The first-order valence-corrected chi connectivity index (χ1v) is 13.1. The smallest absolute Gasteiger partial charge is 0.416 e. The van der Waals surface area contributed by atoms with Crippen molar-refractivity contribution in [2.45, 2.75) is 32.3 Å². The van der Waals surface area contributed by atoms with Crippen LogP contribution in [0.5, 0.6) is 0 Å². The third-order valence-corrected chi connectivity index (χ3v) is 7.14. The largest absolute Gasteiger partial charge is 0.466 e. The number of methoxy groups -OCH3 is 1. The van der Waals surface area contributed by atoms with Crippen LogP contribution in [0.2, 0.25) is 0 Å². The molecule has 0 saturated carbocycles. The molecule has 0 bridgehead atoms. The van der Waals surface area contributed by atoms with E-state index in [1.165, 1.54) is 34.6 Å². The van der Waals surface area contributed by atoms with Gasteiger partial charge in [-0.2, -0.15) is 18.4 Å². The Hall–Kier alpha value is -5.71. The predicted molar refractivity (Wildman–Crippen MR) is 147 cm³/mol. The standard InChI is InChI=1S/C30H23F3N6O5/c1-18-25(27(41)43-2)26(39-28(35-36-29(39)42)38(18)23-7-3-6-22(12-23)30(31,32)33)24-9-8-19(13-34)11-21(24)15-37-10-4-5-20(14-37)16-44-17-40/h3-12,14,17,26H,15-16H2,1-2H3/p+1/t26-/m1/s1. The highest BCUT2D eigenvalue weighted by molar-refractivity contribution is 5.93. The number of allylic oxidation sites excluding steroid dienone is 1. The summed E-state index contributed by atoms with van der Waals surface area (Å²) in [5.74, 6) is -0.875. The molecule has 2 aromatic carbocycles. The maximum atomic E-state index is 13.6. The molecule has 5 rings (SSSR count). The average Bonchev–Trinajstić information content (AvgIpc) is 3.39. The van der Waals surface area contributed by atoms with E-state index in [0.717, 1.165) is 19.2 Å². The Labute approximate surface area is 248 Å². The molecule has 1 aliphatic rings.